The van der Waals surface area contributed by atoms with Gasteiger partial charge in [0, 0.05) is 6.42 Å². The minimum atomic E-state index is -4.44. The number of furan rings is 1. The van der Waals surface area contributed by atoms with Crippen LogP contribution in [0.4, 0.5) is 6.01 Å². The fourth-order valence-electron chi connectivity index (χ4n) is 1.53. The van der Waals surface area contributed by atoms with Crippen LogP contribution in [-0.4, -0.2) is 14.8 Å². The fourth-order valence-corrected chi connectivity index (χ4v) is 2.20. The van der Waals surface area contributed by atoms with Crippen molar-refractivity contribution in [2.75, 3.05) is 5.73 Å². The van der Waals surface area contributed by atoms with Gasteiger partial charge in [-0.1, -0.05) is 6.08 Å². The van der Waals surface area contributed by atoms with Crippen LogP contribution in [0.25, 0.3) is 11.5 Å². The van der Waals surface area contributed by atoms with E-state index in [4.69, 9.17) is 14.6 Å². The predicted octanol–water partition coefficient (Wildman–Crippen LogP) is 1.05. The first kappa shape index (κ1) is 12.6. The largest absolute Gasteiger partial charge is 0.462 e. The van der Waals surface area contributed by atoms with Gasteiger partial charge in [0.1, 0.15) is 11.1 Å². The fraction of sp³-hybridized carbons (Fsp3) is 0.100. The number of hydrogen-bond donors (Lipinski definition) is 3. The molecule has 0 saturated carbocycles. The molecule has 96 valence electrons. The lowest BCUT2D eigenvalue weighted by atomic mass is 10.2. The van der Waals surface area contributed by atoms with Crippen LogP contribution in [0.1, 0.15) is 5.76 Å². The summed E-state index contributed by atoms with van der Waals surface area (Å²) >= 11 is 0. The van der Waals surface area contributed by atoms with Gasteiger partial charge in [0.2, 0.25) is 0 Å². The van der Waals surface area contributed by atoms with E-state index in [2.05, 4.69) is 11.6 Å². The molecule has 0 amide bonds. The van der Waals surface area contributed by atoms with E-state index in [1.807, 2.05) is 0 Å². The lowest BCUT2D eigenvalue weighted by molar-refractivity contribution is 0.387. The molecule has 0 aliphatic heterocycles. The lowest BCUT2D eigenvalue weighted by Gasteiger charge is -2.02. The van der Waals surface area contributed by atoms with E-state index in [9.17, 15) is 14.4 Å². The molecule has 8 heteroatoms. The van der Waals surface area contributed by atoms with Crippen molar-refractivity contribution < 1.29 is 23.2 Å². The van der Waals surface area contributed by atoms with Crippen molar-refractivity contribution >= 4 is 18.9 Å². The molecule has 0 atom stereocenters. The molecule has 0 radical (unpaired) electrons. The second-order valence-electron chi connectivity index (χ2n) is 3.50. The molecule has 18 heavy (non-hydrogen) atoms. The molecule has 0 aliphatic carbocycles. The normalized spacial score (nSPS) is 11.7. The van der Waals surface area contributed by atoms with Gasteiger partial charge in [0.15, 0.2) is 11.5 Å². The van der Waals surface area contributed by atoms with E-state index in [1.165, 1.54) is 12.3 Å². The highest BCUT2D eigenvalue weighted by atomic mass is 31.2. The highest BCUT2D eigenvalue weighted by Gasteiger charge is 2.28. The SMILES string of the molecule is C=CCc1oc(N)nc1-c1occc1P(=O)(O)O. The van der Waals surface area contributed by atoms with Crippen molar-refractivity contribution in [2.45, 2.75) is 6.42 Å². The summed E-state index contributed by atoms with van der Waals surface area (Å²) in [6, 6.07) is 1.09. The zero-order valence-corrected chi connectivity index (χ0v) is 10.1. The zero-order chi connectivity index (χ0) is 13.3. The monoisotopic (exact) mass is 270 g/mol. The van der Waals surface area contributed by atoms with Crippen LogP contribution in [0.15, 0.2) is 33.8 Å². The van der Waals surface area contributed by atoms with Gasteiger partial charge in [-0.15, -0.1) is 6.58 Å². The molecule has 7 nitrogen and oxygen atoms in total. The maximum Gasteiger partial charge on any atom is 0.360 e. The van der Waals surface area contributed by atoms with Crippen molar-refractivity contribution in [3.8, 4) is 11.5 Å². The van der Waals surface area contributed by atoms with E-state index in [0.29, 0.717) is 12.2 Å². The van der Waals surface area contributed by atoms with Crippen LogP contribution in [-0.2, 0) is 11.0 Å². The molecule has 0 fully saturated rings. The Labute approximate surface area is 102 Å². The van der Waals surface area contributed by atoms with E-state index in [0.717, 1.165) is 0 Å². The Morgan fingerprint density at radius 1 is 1.56 bits per heavy atom. The van der Waals surface area contributed by atoms with Gasteiger partial charge in [-0.05, 0) is 6.07 Å². The Morgan fingerprint density at radius 2 is 2.28 bits per heavy atom. The lowest BCUT2D eigenvalue weighted by Crippen LogP contribution is -2.04. The van der Waals surface area contributed by atoms with Gasteiger partial charge >= 0.3 is 7.60 Å². The van der Waals surface area contributed by atoms with Crippen LogP contribution in [0.2, 0.25) is 0 Å². The van der Waals surface area contributed by atoms with Gasteiger partial charge in [-0.25, -0.2) is 0 Å². The molecule has 0 unspecified atom stereocenters. The Morgan fingerprint density at radius 3 is 2.89 bits per heavy atom. The summed E-state index contributed by atoms with van der Waals surface area (Å²) in [5.74, 6) is 0.299. The third-order valence-corrected chi connectivity index (χ3v) is 3.20. The predicted molar refractivity (Wildman–Crippen MR) is 64.2 cm³/mol. The minimum absolute atomic E-state index is 0.0411. The van der Waals surface area contributed by atoms with Gasteiger partial charge in [-0.2, -0.15) is 4.98 Å². The zero-order valence-electron chi connectivity index (χ0n) is 9.24. The van der Waals surface area contributed by atoms with E-state index in [1.54, 1.807) is 6.08 Å². The number of hydrogen-bond acceptors (Lipinski definition) is 5. The second kappa shape index (κ2) is 4.45. The van der Waals surface area contributed by atoms with Crippen LogP contribution in [0.5, 0.6) is 0 Å². The van der Waals surface area contributed by atoms with Gasteiger partial charge < -0.3 is 24.4 Å². The summed E-state index contributed by atoms with van der Waals surface area (Å²) in [4.78, 5) is 22.2. The van der Waals surface area contributed by atoms with Crippen LogP contribution >= 0.6 is 7.60 Å². The first-order chi connectivity index (χ1) is 8.43. The van der Waals surface area contributed by atoms with Crippen molar-refractivity contribution in [1.29, 1.82) is 0 Å². The molecule has 0 saturated heterocycles. The molecule has 0 aromatic carbocycles. The molecule has 0 spiro atoms. The molecule has 2 aromatic rings. The summed E-state index contributed by atoms with van der Waals surface area (Å²) in [6.45, 7) is 3.55. The number of anilines is 1. The molecule has 4 N–H and O–H groups in total. The first-order valence-electron chi connectivity index (χ1n) is 4.93. The van der Waals surface area contributed by atoms with Crippen LogP contribution < -0.4 is 11.0 Å². The summed E-state index contributed by atoms with van der Waals surface area (Å²) in [6.07, 6.45) is 3.05. The second-order valence-corrected chi connectivity index (χ2v) is 5.07. The Kier molecular flexibility index (Phi) is 3.13. The molecule has 2 rings (SSSR count). The van der Waals surface area contributed by atoms with Gasteiger partial charge in [0.25, 0.3) is 6.01 Å². The van der Waals surface area contributed by atoms with Crippen molar-refractivity contribution in [2.24, 2.45) is 0 Å². The van der Waals surface area contributed by atoms with Crippen molar-refractivity contribution in [1.82, 2.24) is 4.98 Å². The standard InChI is InChI=1S/C10H11N2O5P/c1-2-3-6-8(12-10(11)17-6)9-7(4-5-16-9)18(13,14)15/h2,4-5H,1,3H2,(H2,11,12)(H2,13,14,15). The minimum Gasteiger partial charge on any atom is -0.462 e. The Hall–Kier alpha value is -1.82. The summed E-state index contributed by atoms with van der Waals surface area (Å²) in [7, 11) is -4.44. The number of nitrogen functional groups attached to an aromatic ring is 1. The molecule has 0 bridgehead atoms. The van der Waals surface area contributed by atoms with Crippen molar-refractivity contribution in [3.63, 3.8) is 0 Å². The maximum atomic E-state index is 11.3. The van der Waals surface area contributed by atoms with E-state index in [-0.39, 0.29) is 22.8 Å². The number of aromatic nitrogens is 1. The third kappa shape index (κ3) is 2.24. The maximum absolute atomic E-state index is 11.3. The average Bonchev–Trinajstić information content (AvgIpc) is 2.83. The molecule has 0 aliphatic rings. The molecule has 2 aromatic heterocycles. The van der Waals surface area contributed by atoms with Crippen molar-refractivity contribution in [3.05, 3.63) is 30.7 Å². The van der Waals surface area contributed by atoms with E-state index < -0.39 is 7.60 Å². The third-order valence-electron chi connectivity index (χ3n) is 2.22. The number of nitrogens with zero attached hydrogens (tertiary/aromatic N) is 1. The smallest absolute Gasteiger partial charge is 0.360 e. The number of nitrogens with two attached hydrogens (primary N) is 1. The number of rotatable bonds is 4. The summed E-state index contributed by atoms with van der Waals surface area (Å²) < 4.78 is 21.5. The average molecular weight is 270 g/mol. The summed E-state index contributed by atoms with van der Waals surface area (Å²) in [5.41, 5.74) is 5.60. The van der Waals surface area contributed by atoms with E-state index >= 15 is 0 Å². The quantitative estimate of drug-likeness (QED) is 0.560. The van der Waals surface area contributed by atoms with Crippen LogP contribution in [0.3, 0.4) is 0 Å². The summed E-state index contributed by atoms with van der Waals surface area (Å²) in [5, 5.41) is -0.249. The number of allylic oxidation sites excluding steroid dienone is 1. The highest BCUT2D eigenvalue weighted by molar-refractivity contribution is 7.60. The van der Waals surface area contributed by atoms with Gasteiger partial charge in [0.05, 0.1) is 6.26 Å². The molecule has 2 heterocycles. The van der Waals surface area contributed by atoms with Gasteiger partial charge in [-0.3, -0.25) is 4.57 Å². The number of oxazole rings is 1. The van der Waals surface area contributed by atoms with Crippen LogP contribution in [0, 0.1) is 0 Å². The Bertz CT molecular complexity index is 624. The Balaban J connectivity index is 2.59. The first-order valence-corrected chi connectivity index (χ1v) is 6.54. The topological polar surface area (TPSA) is 123 Å². The molecular formula is C10H11N2O5P. The highest BCUT2D eigenvalue weighted by Crippen LogP contribution is 2.39. The molecular weight excluding hydrogens is 259 g/mol.